The molecule has 1 rings (SSSR count). The lowest BCUT2D eigenvalue weighted by molar-refractivity contribution is 0.594. The van der Waals surface area contributed by atoms with Crippen molar-refractivity contribution in [3.05, 3.63) is 29.1 Å². The van der Waals surface area contributed by atoms with E-state index in [2.05, 4.69) is 0 Å². The zero-order chi connectivity index (χ0) is 11.6. The molecule has 0 fully saturated rings. The van der Waals surface area contributed by atoms with Crippen LogP contribution >= 0.6 is 0 Å². The summed E-state index contributed by atoms with van der Waals surface area (Å²) in [6, 6.07) is 3.23. The molecule has 0 saturated heterocycles. The minimum atomic E-state index is -1.00. The van der Waals surface area contributed by atoms with Gasteiger partial charge in [0.05, 0.1) is 10.8 Å². The molecule has 0 bridgehead atoms. The molecule has 0 N–H and O–H groups in total. The highest BCUT2D eigenvalue weighted by Gasteiger charge is 2.13. The van der Waals surface area contributed by atoms with Crippen LogP contribution in [-0.2, 0) is 10.8 Å². The van der Waals surface area contributed by atoms with Crippen LogP contribution in [0.3, 0.4) is 0 Å². The Morgan fingerprint density at radius 3 is 2.47 bits per heavy atom. The highest BCUT2D eigenvalue weighted by atomic mass is 32.2. The molecule has 0 heterocycles. The van der Waals surface area contributed by atoms with Gasteiger partial charge >= 0.3 is 0 Å². The quantitative estimate of drug-likeness (QED) is 0.775. The molecule has 3 heteroatoms. The molecule has 0 aromatic heterocycles. The Morgan fingerprint density at radius 1 is 1.40 bits per heavy atom. The smallest absolute Gasteiger partial charge is 0.127 e. The minimum Gasteiger partial charge on any atom is -0.254 e. The van der Waals surface area contributed by atoms with Crippen LogP contribution in [0.15, 0.2) is 17.0 Å². The Labute approximate surface area is 93.2 Å². The third kappa shape index (κ3) is 2.65. The molecule has 84 valence electrons. The lowest BCUT2D eigenvalue weighted by Crippen LogP contribution is -2.02. The molecule has 0 aliphatic carbocycles. The molecule has 0 saturated carbocycles. The number of rotatable bonds is 3. The van der Waals surface area contributed by atoms with E-state index >= 15 is 0 Å². The van der Waals surface area contributed by atoms with Crippen molar-refractivity contribution in [3.8, 4) is 0 Å². The Bertz CT molecular complexity index is 385. The average molecular weight is 228 g/mol. The first-order chi connectivity index (χ1) is 6.97. The van der Waals surface area contributed by atoms with Gasteiger partial charge in [0.25, 0.3) is 0 Å². The normalized spacial score (nSPS) is 13.2. The molecule has 15 heavy (non-hydrogen) atoms. The van der Waals surface area contributed by atoms with Crippen molar-refractivity contribution < 1.29 is 8.60 Å². The van der Waals surface area contributed by atoms with E-state index in [1.165, 1.54) is 6.07 Å². The molecular weight excluding hydrogens is 211 g/mol. The van der Waals surface area contributed by atoms with Crippen LogP contribution in [0.5, 0.6) is 0 Å². The predicted molar refractivity (Wildman–Crippen MR) is 62.2 cm³/mol. The minimum absolute atomic E-state index is 0.123. The van der Waals surface area contributed by atoms with Crippen LogP contribution in [0.25, 0.3) is 0 Å². The SMILES string of the molecule is CCS(=O)c1cc(C(C)C)c(F)cc1C. The molecule has 1 nitrogen and oxygen atoms in total. The van der Waals surface area contributed by atoms with E-state index in [4.69, 9.17) is 0 Å². The second kappa shape index (κ2) is 4.88. The predicted octanol–water partition coefficient (Wildman–Crippen LogP) is 3.39. The largest absolute Gasteiger partial charge is 0.254 e. The molecule has 1 unspecified atom stereocenters. The fourth-order valence-electron chi connectivity index (χ4n) is 1.51. The zero-order valence-electron chi connectivity index (χ0n) is 9.63. The summed E-state index contributed by atoms with van der Waals surface area (Å²) in [5.41, 5.74) is 1.43. The van der Waals surface area contributed by atoms with E-state index in [-0.39, 0.29) is 11.7 Å². The van der Waals surface area contributed by atoms with Gasteiger partial charge in [0.2, 0.25) is 0 Å². The Morgan fingerprint density at radius 2 is 2.00 bits per heavy atom. The van der Waals surface area contributed by atoms with Crippen molar-refractivity contribution >= 4 is 10.8 Å². The van der Waals surface area contributed by atoms with Gasteiger partial charge in [0.1, 0.15) is 5.82 Å². The molecule has 1 aromatic carbocycles. The number of hydrogen-bond acceptors (Lipinski definition) is 1. The molecular formula is C12H17FOS. The van der Waals surface area contributed by atoms with Crippen molar-refractivity contribution in [2.45, 2.75) is 38.5 Å². The molecule has 1 atom stereocenters. The van der Waals surface area contributed by atoms with Crippen LogP contribution in [0.1, 0.15) is 37.8 Å². The van der Waals surface area contributed by atoms with E-state index in [1.807, 2.05) is 20.8 Å². The lowest BCUT2D eigenvalue weighted by atomic mass is 10.0. The maximum Gasteiger partial charge on any atom is 0.127 e. The number of aryl methyl sites for hydroxylation is 1. The number of hydrogen-bond donors (Lipinski definition) is 0. The van der Waals surface area contributed by atoms with Gasteiger partial charge in [0.15, 0.2) is 0 Å². The van der Waals surface area contributed by atoms with Crippen molar-refractivity contribution in [2.24, 2.45) is 0 Å². The summed E-state index contributed by atoms with van der Waals surface area (Å²) < 4.78 is 25.3. The first-order valence-electron chi connectivity index (χ1n) is 5.15. The summed E-state index contributed by atoms with van der Waals surface area (Å²) in [4.78, 5) is 0.766. The maximum atomic E-state index is 13.5. The van der Waals surface area contributed by atoms with Gasteiger partial charge < -0.3 is 0 Å². The van der Waals surface area contributed by atoms with Gasteiger partial charge in [-0.15, -0.1) is 0 Å². The molecule has 0 radical (unpaired) electrons. The highest BCUT2D eigenvalue weighted by Crippen LogP contribution is 2.24. The van der Waals surface area contributed by atoms with Gasteiger partial charge in [-0.2, -0.15) is 0 Å². The zero-order valence-corrected chi connectivity index (χ0v) is 10.5. The van der Waals surface area contributed by atoms with Crippen LogP contribution in [0.2, 0.25) is 0 Å². The Hall–Kier alpha value is -0.700. The van der Waals surface area contributed by atoms with E-state index in [1.54, 1.807) is 13.0 Å². The van der Waals surface area contributed by atoms with Crippen LogP contribution < -0.4 is 0 Å². The van der Waals surface area contributed by atoms with Crippen LogP contribution in [-0.4, -0.2) is 9.96 Å². The third-order valence-electron chi connectivity index (χ3n) is 2.42. The first-order valence-corrected chi connectivity index (χ1v) is 6.47. The summed E-state index contributed by atoms with van der Waals surface area (Å²) in [5, 5.41) is 0. The van der Waals surface area contributed by atoms with Crippen molar-refractivity contribution in [3.63, 3.8) is 0 Å². The Kier molecular flexibility index (Phi) is 4.03. The van der Waals surface area contributed by atoms with Crippen molar-refractivity contribution in [1.29, 1.82) is 0 Å². The fraction of sp³-hybridized carbons (Fsp3) is 0.500. The first kappa shape index (κ1) is 12.4. The highest BCUT2D eigenvalue weighted by molar-refractivity contribution is 7.85. The summed E-state index contributed by atoms with van der Waals surface area (Å²) >= 11 is 0. The van der Waals surface area contributed by atoms with Gasteiger partial charge in [-0.1, -0.05) is 20.8 Å². The molecule has 1 aromatic rings. The van der Waals surface area contributed by atoms with Crippen LogP contribution in [0, 0.1) is 12.7 Å². The Balaban J connectivity index is 3.29. The van der Waals surface area contributed by atoms with E-state index < -0.39 is 10.8 Å². The van der Waals surface area contributed by atoms with Gasteiger partial charge in [-0.25, -0.2) is 4.39 Å². The molecule has 0 amide bonds. The topological polar surface area (TPSA) is 17.1 Å². The van der Waals surface area contributed by atoms with Gasteiger partial charge in [-0.05, 0) is 36.1 Å². The fourth-order valence-corrected chi connectivity index (χ4v) is 2.50. The lowest BCUT2D eigenvalue weighted by Gasteiger charge is -2.11. The molecule has 0 spiro atoms. The van der Waals surface area contributed by atoms with E-state index in [9.17, 15) is 8.60 Å². The summed E-state index contributed by atoms with van der Waals surface area (Å²) in [6.45, 7) is 7.54. The van der Waals surface area contributed by atoms with Crippen molar-refractivity contribution in [1.82, 2.24) is 0 Å². The van der Waals surface area contributed by atoms with Crippen LogP contribution in [0.4, 0.5) is 4.39 Å². The van der Waals surface area contributed by atoms with E-state index in [0.29, 0.717) is 11.3 Å². The van der Waals surface area contributed by atoms with Gasteiger partial charge in [-0.3, -0.25) is 4.21 Å². The third-order valence-corrected chi connectivity index (χ3v) is 3.88. The van der Waals surface area contributed by atoms with Gasteiger partial charge in [0, 0.05) is 10.6 Å². The summed E-state index contributed by atoms with van der Waals surface area (Å²) in [5.74, 6) is 0.502. The maximum absolute atomic E-state index is 13.5. The average Bonchev–Trinajstić information content (AvgIpc) is 2.16. The summed E-state index contributed by atoms with van der Waals surface area (Å²) in [7, 11) is -1.00. The van der Waals surface area contributed by atoms with E-state index in [0.717, 1.165) is 10.5 Å². The number of halogens is 1. The number of benzene rings is 1. The second-order valence-electron chi connectivity index (χ2n) is 3.93. The summed E-state index contributed by atoms with van der Waals surface area (Å²) in [6.07, 6.45) is 0. The molecule has 0 aliphatic heterocycles. The second-order valence-corrected chi connectivity index (χ2v) is 5.64. The van der Waals surface area contributed by atoms with Crippen molar-refractivity contribution in [2.75, 3.05) is 5.75 Å². The molecule has 0 aliphatic rings. The monoisotopic (exact) mass is 228 g/mol. The standard InChI is InChI=1S/C12H17FOS/c1-5-15(14)12-7-10(8(2)3)11(13)6-9(12)4/h6-8H,5H2,1-4H3.